The second-order valence-corrected chi connectivity index (χ2v) is 8.10. The van der Waals surface area contributed by atoms with Crippen LogP contribution in [0.25, 0.3) is 0 Å². The third-order valence-electron chi connectivity index (χ3n) is 6.07. The molecule has 2 aliphatic rings. The number of hydrogen-bond donors (Lipinski definition) is 1. The summed E-state index contributed by atoms with van der Waals surface area (Å²) in [5, 5.41) is 13.0. The topological polar surface area (TPSA) is 48.0 Å². The molecule has 25 heavy (non-hydrogen) atoms. The quantitative estimate of drug-likeness (QED) is 0.930. The predicted octanol–water partition coefficient (Wildman–Crippen LogP) is 2.52. The molecule has 5 heteroatoms. The second kappa shape index (κ2) is 7.24. The highest BCUT2D eigenvalue weighted by molar-refractivity contribution is 5.27. The zero-order chi connectivity index (χ0) is 17.2. The summed E-state index contributed by atoms with van der Waals surface area (Å²) in [5.74, 6) is 1.63. The molecule has 1 aliphatic carbocycles. The first kappa shape index (κ1) is 16.7. The van der Waals surface area contributed by atoms with Crippen LogP contribution in [0.15, 0.2) is 24.3 Å². The number of nitrogens with one attached hydrogen (secondary N) is 1. The molecule has 1 aromatic heterocycles. The first-order valence-electron chi connectivity index (χ1n) is 9.93. The highest BCUT2D eigenvalue weighted by atomic mass is 15.6. The fraction of sp³-hybridized carbons (Fsp3) is 0.650. The van der Waals surface area contributed by atoms with Crippen LogP contribution in [-0.4, -0.2) is 26.8 Å². The summed E-state index contributed by atoms with van der Waals surface area (Å²) < 4.78 is 2.18. The third-order valence-corrected chi connectivity index (χ3v) is 6.07. The van der Waals surface area contributed by atoms with Crippen molar-refractivity contribution in [2.45, 2.75) is 71.0 Å². The highest BCUT2D eigenvalue weighted by Gasteiger charge is 2.36. The van der Waals surface area contributed by atoms with E-state index in [0.717, 1.165) is 25.3 Å². The second-order valence-electron chi connectivity index (χ2n) is 8.10. The van der Waals surface area contributed by atoms with Gasteiger partial charge in [0, 0.05) is 17.9 Å². The lowest BCUT2D eigenvalue weighted by Gasteiger charge is -2.35. The number of fused-ring (bicyclic) bond motifs is 1. The molecule has 1 fully saturated rings. The summed E-state index contributed by atoms with van der Waals surface area (Å²) in [6.07, 6.45) is 7.57. The number of aromatic nitrogens is 4. The molecule has 0 amide bonds. The molecule has 2 heterocycles. The van der Waals surface area contributed by atoms with Crippen molar-refractivity contribution in [2.75, 3.05) is 6.54 Å². The van der Waals surface area contributed by atoms with Gasteiger partial charge in [0.15, 0.2) is 6.04 Å². The third kappa shape index (κ3) is 3.34. The molecule has 1 aromatic carbocycles. The minimum Gasteiger partial charge on any atom is -0.322 e. The highest BCUT2D eigenvalue weighted by Crippen LogP contribution is 2.30. The van der Waals surface area contributed by atoms with Gasteiger partial charge in [-0.2, -0.15) is 0 Å². The minimum atomic E-state index is 0.366. The van der Waals surface area contributed by atoms with E-state index in [4.69, 9.17) is 0 Å². The van der Waals surface area contributed by atoms with E-state index in [-0.39, 0.29) is 0 Å². The number of rotatable bonds is 4. The van der Waals surface area contributed by atoms with E-state index in [2.05, 4.69) is 58.3 Å². The Morgan fingerprint density at radius 3 is 2.60 bits per heavy atom. The van der Waals surface area contributed by atoms with Crippen LogP contribution < -0.4 is 4.90 Å². The van der Waals surface area contributed by atoms with Gasteiger partial charge in [0.2, 0.25) is 5.82 Å². The normalized spacial score (nSPS) is 22.8. The van der Waals surface area contributed by atoms with Crippen molar-refractivity contribution in [2.24, 2.45) is 5.92 Å². The number of hydrogen-bond acceptors (Lipinski definition) is 3. The Hall–Kier alpha value is -1.75. The summed E-state index contributed by atoms with van der Waals surface area (Å²) in [6, 6.07) is 9.76. The molecule has 5 nitrogen and oxygen atoms in total. The van der Waals surface area contributed by atoms with Crippen LogP contribution in [0.1, 0.15) is 75.0 Å². The fourth-order valence-electron chi connectivity index (χ4n) is 4.81. The van der Waals surface area contributed by atoms with Crippen molar-refractivity contribution in [1.29, 1.82) is 0 Å². The maximum Gasteiger partial charge on any atom is 0.209 e. The molecule has 2 atom stereocenters. The lowest BCUT2D eigenvalue weighted by Crippen LogP contribution is -3.12. The molecule has 0 saturated heterocycles. The Labute approximate surface area is 150 Å². The van der Waals surface area contributed by atoms with Crippen molar-refractivity contribution in [3.8, 4) is 0 Å². The standard InChI is InChI=1S/C20H29N5/c1-15(2)19(24-13-12-16-8-6-7-9-17(16)14-24)20-21-22-23-25(20)18-10-4-3-5-11-18/h6-9,15,18-19H,3-5,10-14H2,1-2H3/p+1/t19-/m0/s1. The van der Waals surface area contributed by atoms with Gasteiger partial charge in [0.25, 0.3) is 0 Å². The average Bonchev–Trinajstić information content (AvgIpc) is 3.11. The summed E-state index contributed by atoms with van der Waals surface area (Å²) >= 11 is 0. The number of quaternary nitrogens is 1. The Bertz CT molecular complexity index is 702. The Morgan fingerprint density at radius 1 is 1.08 bits per heavy atom. The van der Waals surface area contributed by atoms with E-state index < -0.39 is 0 Å². The zero-order valence-electron chi connectivity index (χ0n) is 15.5. The Kier molecular flexibility index (Phi) is 4.84. The van der Waals surface area contributed by atoms with Gasteiger partial charge in [-0.15, -0.1) is 5.10 Å². The number of nitrogens with zero attached hydrogens (tertiary/aromatic N) is 4. The molecule has 1 saturated carbocycles. The van der Waals surface area contributed by atoms with Crippen LogP contribution in [-0.2, 0) is 13.0 Å². The van der Waals surface area contributed by atoms with Gasteiger partial charge in [0.1, 0.15) is 6.54 Å². The zero-order valence-corrected chi connectivity index (χ0v) is 15.5. The molecule has 2 aromatic rings. The van der Waals surface area contributed by atoms with Crippen LogP contribution >= 0.6 is 0 Å². The summed E-state index contributed by atoms with van der Waals surface area (Å²) in [7, 11) is 0. The van der Waals surface area contributed by atoms with Gasteiger partial charge >= 0.3 is 0 Å². The number of benzene rings is 1. The molecule has 1 aliphatic heterocycles. The molecule has 0 radical (unpaired) electrons. The summed E-state index contributed by atoms with van der Waals surface area (Å²) in [5.41, 5.74) is 3.01. The lowest BCUT2D eigenvalue weighted by atomic mass is 9.93. The summed E-state index contributed by atoms with van der Waals surface area (Å²) in [6.45, 7) is 6.88. The van der Waals surface area contributed by atoms with E-state index >= 15 is 0 Å². The predicted molar refractivity (Wildman–Crippen MR) is 97.2 cm³/mol. The van der Waals surface area contributed by atoms with Gasteiger partial charge in [0.05, 0.1) is 12.6 Å². The first-order valence-corrected chi connectivity index (χ1v) is 9.93. The molecule has 0 bridgehead atoms. The van der Waals surface area contributed by atoms with Crippen molar-refractivity contribution in [3.63, 3.8) is 0 Å². The van der Waals surface area contributed by atoms with E-state index in [0.29, 0.717) is 18.0 Å². The van der Waals surface area contributed by atoms with Crippen molar-refractivity contribution >= 4 is 0 Å². The Balaban J connectivity index is 1.62. The van der Waals surface area contributed by atoms with Gasteiger partial charge in [-0.25, -0.2) is 4.68 Å². The monoisotopic (exact) mass is 340 g/mol. The van der Waals surface area contributed by atoms with Crippen LogP contribution in [0.3, 0.4) is 0 Å². The molecule has 1 N–H and O–H groups in total. The molecule has 4 rings (SSSR count). The smallest absolute Gasteiger partial charge is 0.209 e. The van der Waals surface area contributed by atoms with Crippen LogP contribution in [0, 0.1) is 5.92 Å². The largest absolute Gasteiger partial charge is 0.322 e. The van der Waals surface area contributed by atoms with Gasteiger partial charge in [-0.05, 0) is 28.8 Å². The summed E-state index contributed by atoms with van der Waals surface area (Å²) in [4.78, 5) is 1.61. The Morgan fingerprint density at radius 2 is 1.84 bits per heavy atom. The molecule has 1 unspecified atom stereocenters. The van der Waals surface area contributed by atoms with Crippen molar-refractivity contribution in [1.82, 2.24) is 20.2 Å². The van der Waals surface area contributed by atoms with Gasteiger partial charge in [-0.3, -0.25) is 0 Å². The van der Waals surface area contributed by atoms with Gasteiger partial charge in [-0.1, -0.05) is 57.4 Å². The van der Waals surface area contributed by atoms with Crippen molar-refractivity contribution < 1.29 is 4.90 Å². The minimum absolute atomic E-state index is 0.366. The van der Waals surface area contributed by atoms with E-state index in [1.165, 1.54) is 43.2 Å². The van der Waals surface area contributed by atoms with Crippen molar-refractivity contribution in [3.05, 3.63) is 41.2 Å². The van der Waals surface area contributed by atoms with Gasteiger partial charge < -0.3 is 4.90 Å². The fourth-order valence-corrected chi connectivity index (χ4v) is 4.81. The number of tetrazole rings is 1. The lowest BCUT2D eigenvalue weighted by molar-refractivity contribution is -0.951. The molecule has 0 spiro atoms. The van der Waals surface area contributed by atoms with E-state index in [9.17, 15) is 0 Å². The average molecular weight is 340 g/mol. The molecular weight excluding hydrogens is 310 g/mol. The van der Waals surface area contributed by atoms with Crippen LogP contribution in [0.4, 0.5) is 0 Å². The first-order chi connectivity index (χ1) is 12.2. The maximum atomic E-state index is 4.53. The van der Waals surface area contributed by atoms with Crippen LogP contribution in [0.2, 0.25) is 0 Å². The molecule has 134 valence electrons. The van der Waals surface area contributed by atoms with Crippen LogP contribution in [0.5, 0.6) is 0 Å². The SMILES string of the molecule is CC(C)[C@@H](c1nnnn1C1CCCCC1)[NH+]1CCc2ccccc2C1. The maximum absolute atomic E-state index is 4.53. The molecular formula is C20H30N5+. The van der Waals surface area contributed by atoms with E-state index in [1.54, 1.807) is 4.90 Å². The van der Waals surface area contributed by atoms with E-state index in [1.807, 2.05) is 0 Å².